The Morgan fingerprint density at radius 2 is 1.59 bits per heavy atom. The lowest BCUT2D eigenvalue weighted by molar-refractivity contribution is -0.282. The van der Waals surface area contributed by atoms with E-state index in [0.29, 0.717) is 35.5 Å². The monoisotopic (exact) mass is 456 g/mol. The van der Waals surface area contributed by atoms with E-state index in [9.17, 15) is 23.4 Å². The molecule has 0 amide bonds. The highest BCUT2D eigenvalue weighted by atomic mass is 19.4. The molecule has 0 aliphatic heterocycles. The number of hydrogen-bond donors (Lipinski definition) is 2. The molecular formula is C27H43F3O2. The van der Waals surface area contributed by atoms with Crippen LogP contribution in [-0.4, -0.2) is 27.6 Å². The molecule has 5 saturated carbocycles. The van der Waals surface area contributed by atoms with Crippen LogP contribution in [0.1, 0.15) is 104 Å². The number of halogens is 3. The molecule has 0 aromatic rings. The predicted molar refractivity (Wildman–Crippen MR) is 119 cm³/mol. The third kappa shape index (κ3) is 3.85. The molecule has 5 aliphatic carbocycles. The van der Waals surface area contributed by atoms with Crippen molar-refractivity contribution in [2.75, 3.05) is 0 Å². The van der Waals surface area contributed by atoms with E-state index >= 15 is 0 Å². The molecule has 0 saturated heterocycles. The second-order valence-corrected chi connectivity index (χ2v) is 13.0. The van der Waals surface area contributed by atoms with Crippen molar-refractivity contribution in [3.05, 3.63) is 0 Å². The fourth-order valence-electron chi connectivity index (χ4n) is 9.46. The van der Waals surface area contributed by atoms with Crippen LogP contribution in [0.5, 0.6) is 0 Å². The first-order chi connectivity index (χ1) is 15.0. The lowest BCUT2D eigenvalue weighted by Gasteiger charge is -2.57. The highest BCUT2D eigenvalue weighted by Gasteiger charge is 2.62. The Bertz CT molecular complexity index is 704. The average molecular weight is 457 g/mol. The number of aliphatic hydroxyl groups is 2. The standard InChI is InChI=1S/C27H43F3O2/c1-17(4-3-11-25(31)14-15-25)22-7-8-23-21-6-5-18-16-26(32,27(28,29)30)13-10-19(18)20(21)9-12-24(22,23)2/h17-23,31-32H,3-16H2,1-2H3/t17-,18+,19+,20-,21-,22-,23+,24-,26+/m1/s1. The highest BCUT2D eigenvalue weighted by Crippen LogP contribution is 2.66. The zero-order chi connectivity index (χ0) is 22.9. The Balaban J connectivity index is 1.23. The van der Waals surface area contributed by atoms with Gasteiger partial charge < -0.3 is 10.2 Å². The quantitative estimate of drug-likeness (QED) is 0.473. The van der Waals surface area contributed by atoms with Gasteiger partial charge in [0.05, 0.1) is 5.60 Å². The fourth-order valence-corrected chi connectivity index (χ4v) is 9.46. The summed E-state index contributed by atoms with van der Waals surface area (Å²) in [6.07, 6.45) is 8.08. The summed E-state index contributed by atoms with van der Waals surface area (Å²) in [5, 5.41) is 20.5. The van der Waals surface area contributed by atoms with E-state index in [1.807, 2.05) is 0 Å². The van der Waals surface area contributed by atoms with Gasteiger partial charge in [0, 0.05) is 0 Å². The van der Waals surface area contributed by atoms with Crippen LogP contribution >= 0.6 is 0 Å². The molecular weight excluding hydrogens is 413 g/mol. The molecule has 2 N–H and O–H groups in total. The molecule has 0 unspecified atom stereocenters. The molecule has 5 rings (SSSR count). The van der Waals surface area contributed by atoms with Gasteiger partial charge in [-0.3, -0.25) is 0 Å². The molecule has 0 radical (unpaired) electrons. The molecule has 2 nitrogen and oxygen atoms in total. The molecule has 32 heavy (non-hydrogen) atoms. The predicted octanol–water partition coefficient (Wildman–Crippen LogP) is 6.88. The Morgan fingerprint density at radius 3 is 2.28 bits per heavy atom. The van der Waals surface area contributed by atoms with E-state index in [1.165, 1.54) is 32.1 Å². The molecule has 9 atom stereocenters. The summed E-state index contributed by atoms with van der Waals surface area (Å²) >= 11 is 0. The van der Waals surface area contributed by atoms with E-state index in [-0.39, 0.29) is 24.4 Å². The minimum atomic E-state index is -4.50. The minimum absolute atomic E-state index is 0.0466. The maximum absolute atomic E-state index is 13.5. The Morgan fingerprint density at radius 1 is 0.875 bits per heavy atom. The first-order valence-corrected chi connectivity index (χ1v) is 13.5. The lowest BCUT2D eigenvalue weighted by atomic mass is 9.48. The van der Waals surface area contributed by atoms with Gasteiger partial charge in [0.2, 0.25) is 0 Å². The second kappa shape index (κ2) is 7.86. The van der Waals surface area contributed by atoms with Crippen molar-refractivity contribution in [2.45, 2.75) is 121 Å². The van der Waals surface area contributed by atoms with Crippen molar-refractivity contribution >= 4 is 0 Å². The third-order valence-corrected chi connectivity index (χ3v) is 11.4. The van der Waals surface area contributed by atoms with Crippen molar-refractivity contribution in [3.8, 4) is 0 Å². The van der Waals surface area contributed by atoms with Crippen LogP contribution < -0.4 is 0 Å². The van der Waals surface area contributed by atoms with Crippen LogP contribution in [0.4, 0.5) is 13.2 Å². The Labute approximate surface area is 191 Å². The van der Waals surface area contributed by atoms with Gasteiger partial charge >= 0.3 is 6.18 Å². The molecule has 0 spiro atoms. The molecule has 5 heteroatoms. The van der Waals surface area contributed by atoms with Crippen LogP contribution in [0.3, 0.4) is 0 Å². The van der Waals surface area contributed by atoms with Gasteiger partial charge in [0.1, 0.15) is 0 Å². The zero-order valence-corrected chi connectivity index (χ0v) is 20.0. The summed E-state index contributed by atoms with van der Waals surface area (Å²) in [5.74, 6) is 3.85. The summed E-state index contributed by atoms with van der Waals surface area (Å²) < 4.78 is 40.4. The van der Waals surface area contributed by atoms with Crippen LogP contribution in [-0.2, 0) is 0 Å². The topological polar surface area (TPSA) is 40.5 Å². The van der Waals surface area contributed by atoms with Gasteiger partial charge in [-0.1, -0.05) is 26.7 Å². The number of alkyl halides is 3. The maximum atomic E-state index is 13.5. The van der Waals surface area contributed by atoms with Crippen LogP contribution in [0.2, 0.25) is 0 Å². The smallest absolute Gasteiger partial charge is 0.390 e. The summed E-state index contributed by atoms with van der Waals surface area (Å²) in [6, 6.07) is 0. The fraction of sp³-hybridized carbons (Fsp3) is 1.00. The average Bonchev–Trinajstić information content (AvgIpc) is 3.34. The minimum Gasteiger partial charge on any atom is -0.390 e. The first-order valence-electron chi connectivity index (χ1n) is 13.5. The van der Waals surface area contributed by atoms with Gasteiger partial charge in [-0.2, -0.15) is 13.2 Å². The summed E-state index contributed by atoms with van der Waals surface area (Å²) in [5.41, 5.74) is -2.41. The largest absolute Gasteiger partial charge is 0.417 e. The lowest BCUT2D eigenvalue weighted by Crippen LogP contribution is -2.55. The molecule has 5 fully saturated rings. The highest BCUT2D eigenvalue weighted by molar-refractivity contribution is 5.08. The summed E-state index contributed by atoms with van der Waals surface area (Å²) in [7, 11) is 0. The normalized spacial score (nSPS) is 48.5. The van der Waals surface area contributed by atoms with Crippen molar-refractivity contribution in [2.24, 2.45) is 46.8 Å². The summed E-state index contributed by atoms with van der Waals surface area (Å²) in [6.45, 7) is 4.96. The second-order valence-electron chi connectivity index (χ2n) is 13.0. The van der Waals surface area contributed by atoms with Crippen molar-refractivity contribution in [3.63, 3.8) is 0 Å². The van der Waals surface area contributed by atoms with E-state index < -0.39 is 11.8 Å². The molecule has 0 heterocycles. The number of rotatable bonds is 5. The van der Waals surface area contributed by atoms with Crippen LogP contribution in [0.25, 0.3) is 0 Å². The number of fused-ring (bicyclic) bond motifs is 5. The first kappa shape index (κ1) is 23.5. The van der Waals surface area contributed by atoms with Gasteiger partial charge in [0.15, 0.2) is 5.60 Å². The van der Waals surface area contributed by atoms with Gasteiger partial charge in [-0.05, 0) is 124 Å². The van der Waals surface area contributed by atoms with E-state index in [4.69, 9.17) is 0 Å². The van der Waals surface area contributed by atoms with Gasteiger partial charge in [-0.25, -0.2) is 0 Å². The van der Waals surface area contributed by atoms with E-state index in [2.05, 4.69) is 13.8 Å². The Kier molecular flexibility index (Phi) is 5.76. The zero-order valence-electron chi connectivity index (χ0n) is 20.0. The van der Waals surface area contributed by atoms with E-state index in [1.54, 1.807) is 0 Å². The third-order valence-electron chi connectivity index (χ3n) is 11.4. The van der Waals surface area contributed by atoms with Gasteiger partial charge in [-0.15, -0.1) is 0 Å². The molecule has 184 valence electrons. The van der Waals surface area contributed by atoms with Crippen molar-refractivity contribution in [1.82, 2.24) is 0 Å². The molecule has 5 aliphatic rings. The van der Waals surface area contributed by atoms with Crippen LogP contribution in [0, 0.1) is 46.8 Å². The molecule has 0 aromatic heterocycles. The summed E-state index contributed by atoms with van der Waals surface area (Å²) in [4.78, 5) is 0. The number of hydrogen-bond acceptors (Lipinski definition) is 2. The van der Waals surface area contributed by atoms with Crippen LogP contribution in [0.15, 0.2) is 0 Å². The Hall–Kier alpha value is -0.290. The van der Waals surface area contributed by atoms with Crippen molar-refractivity contribution in [1.29, 1.82) is 0 Å². The maximum Gasteiger partial charge on any atom is 0.417 e. The molecule has 0 bridgehead atoms. The SMILES string of the molecule is C[C@H](CCCC1(O)CC1)[C@H]1CC[C@H]2[C@@H]3CC[C@H]4C[C@](O)(C(F)(F)F)CC[C@@H]4[C@H]3CC[C@]12C. The van der Waals surface area contributed by atoms with Crippen molar-refractivity contribution < 1.29 is 23.4 Å². The van der Waals surface area contributed by atoms with E-state index in [0.717, 1.165) is 50.4 Å². The van der Waals surface area contributed by atoms with Gasteiger partial charge in [0.25, 0.3) is 0 Å². The molecule has 0 aromatic carbocycles.